The number of hydrogen-bond donors (Lipinski definition) is 0. The topological polar surface area (TPSA) is 43.4 Å². The summed E-state index contributed by atoms with van der Waals surface area (Å²) in [4.78, 5) is 2.03. The summed E-state index contributed by atoms with van der Waals surface area (Å²) in [5, 5.41) is 0. The second-order valence-corrected chi connectivity index (χ2v) is 10.8. The zero-order valence-electron chi connectivity index (χ0n) is 15.3. The molecule has 0 bridgehead atoms. The molecule has 0 radical (unpaired) electrons. The minimum atomic E-state index is -3.91. The van der Waals surface area contributed by atoms with E-state index in [0.29, 0.717) is 5.75 Å². The summed E-state index contributed by atoms with van der Waals surface area (Å²) < 4.78 is 32.5. The summed E-state index contributed by atoms with van der Waals surface area (Å²) in [6.45, 7) is 2.10. The lowest BCUT2D eigenvalue weighted by molar-refractivity contribution is 0.507. The van der Waals surface area contributed by atoms with Gasteiger partial charge in [-0.1, -0.05) is 78.3 Å². The molecule has 0 amide bonds. The minimum Gasteiger partial charge on any atom is -0.207 e. The molecule has 0 saturated heterocycles. The highest BCUT2D eigenvalue weighted by Crippen LogP contribution is 2.65. The summed E-state index contributed by atoms with van der Waals surface area (Å²) in [6, 6.07) is 27.9. The molecule has 0 saturated carbocycles. The van der Waals surface area contributed by atoms with Gasteiger partial charge in [-0.15, -0.1) is 0 Å². The molecule has 142 valence electrons. The van der Waals surface area contributed by atoms with Crippen LogP contribution in [0.25, 0.3) is 0 Å². The predicted molar refractivity (Wildman–Crippen MR) is 111 cm³/mol. The van der Waals surface area contributed by atoms with Crippen LogP contribution in [-0.4, -0.2) is 14.2 Å². The third kappa shape index (κ3) is 4.43. The van der Waals surface area contributed by atoms with Crippen molar-refractivity contribution in [3.63, 3.8) is 0 Å². The van der Waals surface area contributed by atoms with Crippen LogP contribution in [0.5, 0.6) is 0 Å². The lowest BCUT2D eigenvalue weighted by Gasteiger charge is -2.39. The van der Waals surface area contributed by atoms with Crippen LogP contribution in [0.2, 0.25) is 0 Å². The van der Waals surface area contributed by atoms with E-state index in [4.69, 9.17) is 3.63 Å². The van der Waals surface area contributed by atoms with Crippen molar-refractivity contribution in [1.29, 1.82) is 0 Å². The average molecular weight is 401 g/mol. The van der Waals surface area contributed by atoms with Crippen LogP contribution in [0.1, 0.15) is 19.8 Å². The van der Waals surface area contributed by atoms with E-state index in [1.807, 2.05) is 60.7 Å². The second kappa shape index (κ2) is 8.74. The first-order chi connectivity index (χ1) is 13.1. The molecule has 27 heavy (non-hydrogen) atoms. The van der Waals surface area contributed by atoms with Crippen molar-refractivity contribution in [3.05, 3.63) is 91.0 Å². The van der Waals surface area contributed by atoms with Crippen molar-refractivity contribution >= 4 is 20.4 Å². The Hall–Kier alpha value is -2.08. The van der Waals surface area contributed by atoms with Gasteiger partial charge < -0.3 is 0 Å². The van der Waals surface area contributed by atoms with Crippen molar-refractivity contribution in [2.45, 2.75) is 34.5 Å². The molecule has 3 aromatic carbocycles. The third-order valence-electron chi connectivity index (χ3n) is 4.27. The molecule has 0 aromatic heterocycles. The van der Waals surface area contributed by atoms with Gasteiger partial charge in [-0.3, -0.25) is 0 Å². The van der Waals surface area contributed by atoms with Crippen LogP contribution in [0.15, 0.2) is 106 Å². The van der Waals surface area contributed by atoms with Gasteiger partial charge in [0, 0.05) is 15.5 Å². The Kier molecular flexibility index (Phi) is 6.37. The molecule has 0 unspecified atom stereocenters. The van der Waals surface area contributed by atoms with E-state index < -0.39 is 20.4 Å². The van der Waals surface area contributed by atoms with E-state index in [9.17, 15) is 8.42 Å². The van der Waals surface area contributed by atoms with E-state index in [1.54, 1.807) is 30.3 Å². The van der Waals surface area contributed by atoms with Gasteiger partial charge in [-0.25, -0.2) is 3.63 Å². The Morgan fingerprint density at radius 2 is 1.07 bits per heavy atom. The van der Waals surface area contributed by atoms with E-state index in [0.717, 1.165) is 22.6 Å². The number of benzene rings is 3. The first-order valence-electron chi connectivity index (χ1n) is 9.01. The molecule has 0 atom stereocenters. The maximum absolute atomic E-state index is 13.2. The first kappa shape index (κ1) is 19.7. The van der Waals surface area contributed by atoms with E-state index >= 15 is 0 Å². The molecule has 0 fully saturated rings. The van der Waals surface area contributed by atoms with Crippen molar-refractivity contribution in [3.8, 4) is 0 Å². The molecular weight excluding hydrogens is 376 g/mol. The van der Waals surface area contributed by atoms with Crippen LogP contribution in [0, 0.1) is 0 Å². The van der Waals surface area contributed by atoms with Crippen LogP contribution in [-0.2, 0) is 13.7 Å². The predicted octanol–water partition coefficient (Wildman–Crippen LogP) is 6.03. The van der Waals surface area contributed by atoms with Crippen LogP contribution >= 0.6 is 10.3 Å². The maximum Gasteiger partial charge on any atom is 0.306 e. The molecule has 0 aliphatic carbocycles. The fraction of sp³-hybridized carbons (Fsp3) is 0.182. The van der Waals surface area contributed by atoms with Crippen LogP contribution in [0.3, 0.4) is 0 Å². The molecule has 3 aromatic rings. The third-order valence-corrected chi connectivity index (χ3v) is 9.70. The van der Waals surface area contributed by atoms with Gasteiger partial charge >= 0.3 is 10.1 Å². The van der Waals surface area contributed by atoms with Crippen molar-refractivity contribution in [2.75, 3.05) is 5.75 Å². The van der Waals surface area contributed by atoms with Crippen molar-refractivity contribution < 1.29 is 12.0 Å². The molecule has 0 spiro atoms. The van der Waals surface area contributed by atoms with Crippen molar-refractivity contribution in [1.82, 2.24) is 0 Å². The Morgan fingerprint density at radius 3 is 1.48 bits per heavy atom. The van der Waals surface area contributed by atoms with E-state index in [-0.39, 0.29) is 4.90 Å². The van der Waals surface area contributed by atoms with Crippen LogP contribution < -0.4 is 0 Å². The standard InChI is InChI=1S/C22H24O3S2/c1-2-3-19-26(20-13-7-4-8-14-20,21-15-9-5-10-16-21)25-27(23,24)22-17-11-6-12-18-22/h4-18H,2-3,19H2,1H3. The highest BCUT2D eigenvalue weighted by molar-refractivity contribution is 8.33. The molecule has 0 N–H and O–H groups in total. The number of unbranched alkanes of at least 4 members (excludes halogenated alkanes) is 1. The summed E-state index contributed by atoms with van der Waals surface area (Å²) in [5.74, 6) is 0.656. The molecular formula is C22H24O3S2. The Labute approximate surface area is 163 Å². The molecule has 5 heteroatoms. The normalized spacial score (nSPS) is 12.6. The van der Waals surface area contributed by atoms with Gasteiger partial charge in [0.25, 0.3) is 0 Å². The SMILES string of the molecule is CCCCS(OS(=O)(=O)c1ccccc1)(c1ccccc1)c1ccccc1. The number of rotatable bonds is 8. The number of hydrogen-bond acceptors (Lipinski definition) is 3. The molecule has 3 nitrogen and oxygen atoms in total. The smallest absolute Gasteiger partial charge is 0.207 e. The van der Waals surface area contributed by atoms with Gasteiger partial charge in [0.2, 0.25) is 0 Å². The Bertz CT molecular complexity index is 901. The minimum absolute atomic E-state index is 0.185. The summed E-state index contributed by atoms with van der Waals surface area (Å²) >= 11 is 0. The molecule has 0 aliphatic heterocycles. The monoisotopic (exact) mass is 400 g/mol. The summed E-state index contributed by atoms with van der Waals surface area (Å²) in [7, 11) is -6.12. The largest absolute Gasteiger partial charge is 0.306 e. The van der Waals surface area contributed by atoms with Crippen LogP contribution in [0.4, 0.5) is 0 Å². The van der Waals surface area contributed by atoms with Gasteiger partial charge in [0.1, 0.15) is 0 Å². The van der Waals surface area contributed by atoms with E-state index in [2.05, 4.69) is 6.92 Å². The zero-order chi connectivity index (χ0) is 19.2. The fourth-order valence-corrected chi connectivity index (χ4v) is 8.45. The van der Waals surface area contributed by atoms with E-state index in [1.165, 1.54) is 0 Å². The zero-order valence-corrected chi connectivity index (χ0v) is 17.0. The average Bonchev–Trinajstić information content (AvgIpc) is 2.73. The maximum atomic E-state index is 13.2. The molecule has 3 rings (SSSR count). The summed E-state index contributed by atoms with van der Waals surface area (Å²) in [5.41, 5.74) is 0. The highest BCUT2D eigenvalue weighted by Gasteiger charge is 2.35. The second-order valence-electron chi connectivity index (χ2n) is 6.19. The fourth-order valence-electron chi connectivity index (χ4n) is 2.89. The highest BCUT2D eigenvalue weighted by atomic mass is 32.3. The quantitative estimate of drug-likeness (QED) is 0.464. The molecule has 0 heterocycles. The Balaban J connectivity index is 2.17. The first-order valence-corrected chi connectivity index (χ1v) is 12.1. The van der Waals surface area contributed by atoms with Gasteiger partial charge in [-0.2, -0.15) is 8.42 Å². The van der Waals surface area contributed by atoms with Gasteiger partial charge in [0.05, 0.1) is 4.90 Å². The van der Waals surface area contributed by atoms with Crippen molar-refractivity contribution in [2.24, 2.45) is 0 Å². The van der Waals surface area contributed by atoms with Gasteiger partial charge in [0.15, 0.2) is 0 Å². The van der Waals surface area contributed by atoms with Gasteiger partial charge in [-0.05, 0) is 42.8 Å². The lowest BCUT2D eigenvalue weighted by atomic mass is 10.4. The lowest BCUT2D eigenvalue weighted by Crippen LogP contribution is -2.16. The Morgan fingerprint density at radius 1 is 0.667 bits per heavy atom. The molecule has 0 aliphatic rings. The summed E-state index contributed by atoms with van der Waals surface area (Å²) in [6.07, 6.45) is 1.84.